The average Bonchev–Trinajstić information content (AvgIpc) is 2.89. The Morgan fingerprint density at radius 3 is 2.77 bits per heavy atom. The molecule has 7 heteroatoms. The molecule has 1 aromatic heterocycles. The van der Waals surface area contributed by atoms with Crippen molar-refractivity contribution in [3.8, 4) is 6.07 Å². The van der Waals surface area contributed by atoms with Crippen LogP contribution in [0.1, 0.15) is 11.1 Å². The molecule has 0 spiro atoms. The number of piperazine rings is 1. The summed E-state index contributed by atoms with van der Waals surface area (Å²) in [6, 6.07) is 10.0. The van der Waals surface area contributed by atoms with Crippen molar-refractivity contribution in [3.05, 3.63) is 40.4 Å². The molecule has 0 unspecified atom stereocenters. The number of hydrogen-bond acceptors (Lipinski definition) is 5. The minimum atomic E-state index is 0.263. The first-order valence-electron chi connectivity index (χ1n) is 7.13. The van der Waals surface area contributed by atoms with E-state index in [1.807, 2.05) is 18.2 Å². The van der Waals surface area contributed by atoms with Crippen LogP contribution in [0.15, 0.2) is 24.3 Å². The highest BCUT2D eigenvalue weighted by atomic mass is 35.5. The monoisotopic (exact) mass is 316 g/mol. The Balaban J connectivity index is 1.62. The van der Waals surface area contributed by atoms with E-state index in [0.29, 0.717) is 5.56 Å². The van der Waals surface area contributed by atoms with E-state index in [1.54, 1.807) is 0 Å². The van der Waals surface area contributed by atoms with E-state index in [-0.39, 0.29) is 5.82 Å². The number of benzene rings is 1. The molecule has 0 aliphatic carbocycles. The van der Waals surface area contributed by atoms with Crippen molar-refractivity contribution in [2.45, 2.75) is 6.54 Å². The summed E-state index contributed by atoms with van der Waals surface area (Å²) in [5.41, 5.74) is 7.33. The summed E-state index contributed by atoms with van der Waals surface area (Å²) in [7, 11) is 0. The van der Waals surface area contributed by atoms with Gasteiger partial charge in [0, 0.05) is 37.7 Å². The minimum absolute atomic E-state index is 0.263. The fraction of sp³-hybridized carbons (Fsp3) is 0.333. The topological polar surface area (TPSA) is 85.0 Å². The fourth-order valence-corrected chi connectivity index (χ4v) is 2.92. The molecule has 0 amide bonds. The van der Waals surface area contributed by atoms with E-state index in [9.17, 15) is 0 Å². The fourth-order valence-electron chi connectivity index (χ4n) is 2.71. The normalized spacial score (nSPS) is 15.7. The molecule has 114 valence electrons. The molecule has 22 heavy (non-hydrogen) atoms. The third kappa shape index (κ3) is 3.01. The van der Waals surface area contributed by atoms with Crippen LogP contribution >= 0.6 is 11.6 Å². The number of aromatic nitrogens is 2. The Bertz CT molecular complexity index is 696. The van der Waals surface area contributed by atoms with E-state index in [2.05, 4.69) is 32.1 Å². The quantitative estimate of drug-likeness (QED) is 0.902. The van der Waals surface area contributed by atoms with E-state index in [1.165, 1.54) is 5.56 Å². The van der Waals surface area contributed by atoms with Gasteiger partial charge in [-0.15, -0.1) is 0 Å². The molecule has 0 bridgehead atoms. The van der Waals surface area contributed by atoms with Gasteiger partial charge < -0.3 is 10.6 Å². The molecule has 2 heterocycles. The van der Waals surface area contributed by atoms with Crippen LogP contribution in [0.5, 0.6) is 0 Å². The second-order valence-corrected chi connectivity index (χ2v) is 5.77. The van der Waals surface area contributed by atoms with Gasteiger partial charge in [-0.3, -0.25) is 10.00 Å². The van der Waals surface area contributed by atoms with Gasteiger partial charge in [0.15, 0.2) is 5.82 Å². The number of nitrogens with one attached hydrogen (secondary N) is 1. The summed E-state index contributed by atoms with van der Waals surface area (Å²) >= 11 is 6.02. The van der Waals surface area contributed by atoms with Gasteiger partial charge in [0.2, 0.25) is 0 Å². The van der Waals surface area contributed by atoms with Crippen molar-refractivity contribution in [2.75, 3.05) is 36.8 Å². The van der Waals surface area contributed by atoms with E-state index < -0.39 is 0 Å². The zero-order valence-electron chi connectivity index (χ0n) is 12.1. The highest BCUT2D eigenvalue weighted by Gasteiger charge is 2.22. The Labute approximate surface area is 134 Å². The lowest BCUT2D eigenvalue weighted by Gasteiger charge is -2.35. The first-order chi connectivity index (χ1) is 10.7. The van der Waals surface area contributed by atoms with Gasteiger partial charge in [-0.2, -0.15) is 10.4 Å². The third-order valence-electron chi connectivity index (χ3n) is 3.87. The maximum atomic E-state index is 9.15. The summed E-state index contributed by atoms with van der Waals surface area (Å²) < 4.78 is 0. The smallest absolute Gasteiger partial charge is 0.165 e. The lowest BCUT2D eigenvalue weighted by atomic mass is 10.2. The first-order valence-corrected chi connectivity index (χ1v) is 7.51. The van der Waals surface area contributed by atoms with Crippen molar-refractivity contribution < 1.29 is 0 Å². The van der Waals surface area contributed by atoms with Crippen LogP contribution in [0.2, 0.25) is 5.02 Å². The molecule has 1 aromatic carbocycles. The van der Waals surface area contributed by atoms with Crippen LogP contribution in [-0.2, 0) is 6.54 Å². The molecular formula is C15H17ClN6. The number of halogens is 1. The molecule has 1 aliphatic heterocycles. The molecule has 1 aliphatic rings. The molecular weight excluding hydrogens is 300 g/mol. The molecule has 1 fully saturated rings. The number of aromatic amines is 1. The summed E-state index contributed by atoms with van der Waals surface area (Å²) in [5.74, 6) is 0.987. The Kier molecular flexibility index (Phi) is 4.18. The SMILES string of the molecule is N#Cc1c(N)n[nH]c1N1CCN(Cc2cccc(Cl)c2)CC1. The number of nitrogens with two attached hydrogens (primary N) is 1. The summed E-state index contributed by atoms with van der Waals surface area (Å²) in [5, 5.41) is 16.7. The number of nitriles is 1. The zero-order valence-corrected chi connectivity index (χ0v) is 12.8. The number of nitrogens with zero attached hydrogens (tertiary/aromatic N) is 4. The van der Waals surface area contributed by atoms with Crippen LogP contribution in [0.3, 0.4) is 0 Å². The molecule has 3 N–H and O–H groups in total. The largest absolute Gasteiger partial charge is 0.381 e. The lowest BCUT2D eigenvalue weighted by molar-refractivity contribution is 0.249. The number of nitrogen functional groups attached to an aromatic ring is 1. The number of H-pyrrole nitrogens is 1. The van der Waals surface area contributed by atoms with E-state index >= 15 is 0 Å². The molecule has 0 saturated carbocycles. The van der Waals surface area contributed by atoms with E-state index in [0.717, 1.165) is 43.6 Å². The molecule has 6 nitrogen and oxygen atoms in total. The van der Waals surface area contributed by atoms with Crippen LogP contribution in [-0.4, -0.2) is 41.3 Å². The molecule has 1 saturated heterocycles. The number of anilines is 2. The predicted molar refractivity (Wildman–Crippen MR) is 86.7 cm³/mol. The minimum Gasteiger partial charge on any atom is -0.381 e. The number of hydrogen-bond donors (Lipinski definition) is 2. The van der Waals surface area contributed by atoms with Crippen molar-refractivity contribution in [3.63, 3.8) is 0 Å². The molecule has 0 radical (unpaired) electrons. The standard InChI is InChI=1S/C15H17ClN6/c16-12-3-1-2-11(8-12)10-21-4-6-22(7-5-21)15-13(9-17)14(18)19-20-15/h1-3,8H,4-7,10H2,(H3,18,19,20). The van der Waals surface area contributed by atoms with Gasteiger partial charge in [0.25, 0.3) is 0 Å². The maximum Gasteiger partial charge on any atom is 0.165 e. The van der Waals surface area contributed by atoms with Gasteiger partial charge >= 0.3 is 0 Å². The van der Waals surface area contributed by atoms with Crippen molar-refractivity contribution >= 4 is 23.2 Å². The summed E-state index contributed by atoms with van der Waals surface area (Å²) in [6.45, 7) is 4.37. The summed E-state index contributed by atoms with van der Waals surface area (Å²) in [4.78, 5) is 4.49. The maximum absolute atomic E-state index is 9.15. The molecule has 0 atom stereocenters. The second-order valence-electron chi connectivity index (χ2n) is 5.34. The van der Waals surface area contributed by atoms with Gasteiger partial charge in [-0.05, 0) is 17.7 Å². The highest BCUT2D eigenvalue weighted by molar-refractivity contribution is 6.30. The van der Waals surface area contributed by atoms with Gasteiger partial charge in [-0.25, -0.2) is 0 Å². The van der Waals surface area contributed by atoms with Crippen molar-refractivity contribution in [2.24, 2.45) is 0 Å². The van der Waals surface area contributed by atoms with Gasteiger partial charge in [0.1, 0.15) is 17.5 Å². The van der Waals surface area contributed by atoms with Gasteiger partial charge in [0.05, 0.1) is 0 Å². The van der Waals surface area contributed by atoms with Crippen LogP contribution in [0.4, 0.5) is 11.6 Å². The first kappa shape index (κ1) is 14.7. The van der Waals surface area contributed by atoms with Crippen LogP contribution in [0, 0.1) is 11.3 Å². The Hall–Kier alpha value is -2.23. The van der Waals surface area contributed by atoms with E-state index in [4.69, 9.17) is 22.6 Å². The van der Waals surface area contributed by atoms with Crippen molar-refractivity contribution in [1.29, 1.82) is 5.26 Å². The third-order valence-corrected chi connectivity index (χ3v) is 4.11. The molecule has 3 rings (SSSR count). The Morgan fingerprint density at radius 1 is 1.32 bits per heavy atom. The zero-order chi connectivity index (χ0) is 15.5. The Morgan fingerprint density at radius 2 is 2.09 bits per heavy atom. The average molecular weight is 317 g/mol. The van der Waals surface area contributed by atoms with Gasteiger partial charge in [-0.1, -0.05) is 23.7 Å². The molecule has 2 aromatic rings. The lowest BCUT2D eigenvalue weighted by Crippen LogP contribution is -2.46. The highest BCUT2D eigenvalue weighted by Crippen LogP contribution is 2.23. The predicted octanol–water partition coefficient (Wildman–Crippen LogP) is 1.84. The summed E-state index contributed by atoms with van der Waals surface area (Å²) in [6.07, 6.45) is 0. The number of rotatable bonds is 3. The van der Waals surface area contributed by atoms with Crippen LogP contribution < -0.4 is 10.6 Å². The second kappa shape index (κ2) is 6.26. The van der Waals surface area contributed by atoms with Crippen LogP contribution in [0.25, 0.3) is 0 Å². The van der Waals surface area contributed by atoms with Crippen molar-refractivity contribution in [1.82, 2.24) is 15.1 Å².